The lowest BCUT2D eigenvalue weighted by molar-refractivity contribution is -0.189. The molecule has 0 spiro atoms. The second kappa shape index (κ2) is 46.7. The van der Waals surface area contributed by atoms with Crippen molar-refractivity contribution in [3.05, 3.63) is 0 Å². The minimum absolute atomic E-state index is 0.162. The van der Waals surface area contributed by atoms with Gasteiger partial charge in [-0.3, -0.25) is 19.2 Å². The highest BCUT2D eigenvalue weighted by Gasteiger charge is 2.66. The summed E-state index contributed by atoms with van der Waals surface area (Å²) in [5, 5.41) is 0. The zero-order valence-electron chi connectivity index (χ0n) is 56.4. The van der Waals surface area contributed by atoms with Gasteiger partial charge in [0.2, 0.25) is 0 Å². The lowest BCUT2D eigenvalue weighted by Crippen LogP contribution is -2.56. The molecule has 4 aliphatic rings. The third-order valence-electron chi connectivity index (χ3n) is 19.0. The smallest absolute Gasteiger partial charge is 0.305 e. The van der Waals surface area contributed by atoms with Crippen LogP contribution >= 0.6 is 0 Å². The van der Waals surface area contributed by atoms with Crippen LogP contribution in [0.25, 0.3) is 0 Å². The van der Waals surface area contributed by atoms with Gasteiger partial charge in [0.15, 0.2) is 12.6 Å². The Morgan fingerprint density at radius 3 is 0.847 bits per heavy atom. The number of rotatable bonds is 58. The lowest BCUT2D eigenvalue weighted by Gasteiger charge is -2.60. The van der Waals surface area contributed by atoms with E-state index in [1.54, 1.807) is 0 Å². The third-order valence-corrected chi connectivity index (χ3v) is 19.0. The Morgan fingerprint density at radius 2 is 0.565 bits per heavy atom. The van der Waals surface area contributed by atoms with Crippen LogP contribution in [0.2, 0.25) is 0 Å². The fourth-order valence-electron chi connectivity index (χ4n) is 14.5. The average Bonchev–Trinajstić information content (AvgIpc) is 1.70. The largest absolute Gasteiger partial charge is 0.465 e. The SMILES string of the molecule is CCCCCCCCOC(CCC(=O)OCC12CCC3(COC(=O)CCCN(CC)CC)CC(COC(=O)CCCN(CC)CC)(C1)CC(COC(=O)CCC(OCCCCCCCC)OCCCCCCCC)(C3)C2)OCCCCCCCC. The molecule has 4 fully saturated rings. The molecule has 0 aromatic rings. The summed E-state index contributed by atoms with van der Waals surface area (Å²) in [5.41, 5.74) is -2.00. The van der Waals surface area contributed by atoms with E-state index in [1.165, 1.54) is 103 Å². The van der Waals surface area contributed by atoms with E-state index in [9.17, 15) is 19.2 Å². The monoisotopic (exact) mass is 1200 g/mol. The number of esters is 4. The summed E-state index contributed by atoms with van der Waals surface area (Å²) >= 11 is 0. The molecule has 4 rings (SSSR count). The van der Waals surface area contributed by atoms with Gasteiger partial charge in [-0.2, -0.15) is 0 Å². The van der Waals surface area contributed by atoms with Gasteiger partial charge in [-0.15, -0.1) is 0 Å². The van der Waals surface area contributed by atoms with Crippen molar-refractivity contribution in [2.75, 3.05) is 92.1 Å². The predicted octanol–water partition coefficient (Wildman–Crippen LogP) is 16.8. The Labute approximate surface area is 520 Å². The van der Waals surface area contributed by atoms with Crippen molar-refractivity contribution in [3.8, 4) is 0 Å². The first-order valence-electron chi connectivity index (χ1n) is 35.8. The standard InChI is InChI=1S/C71H132N2O12/c1-9-17-21-25-29-33-49-78-66(79-50-34-30-26-22-18-10-2)43-41-64(76)83-59-69-46-45-68(58-82-62(74)39-37-47-72(13-5)14-6)53-70(55-69,60-84-63(75)40-38-48-73(15-7)16-8)57-71(54-68,56-69)61-85-65(77)42-44-67(80-51-35-31-27-23-19-11-3)81-52-36-32-28-24-20-12-4/h66-67H,9-61H2,1-8H3. The van der Waals surface area contributed by atoms with Crippen LogP contribution in [-0.2, 0) is 57.1 Å². The molecule has 4 unspecified atom stereocenters. The molecule has 0 radical (unpaired) electrons. The zero-order valence-corrected chi connectivity index (χ0v) is 56.4. The Hall–Kier alpha value is -2.36. The van der Waals surface area contributed by atoms with E-state index in [2.05, 4.69) is 65.2 Å². The van der Waals surface area contributed by atoms with Crippen LogP contribution in [0.3, 0.4) is 0 Å². The Kier molecular flexibility index (Phi) is 42.2. The van der Waals surface area contributed by atoms with Crippen molar-refractivity contribution < 1.29 is 57.1 Å². The number of fused-ring (bicyclic) bond motifs is 1. The first-order chi connectivity index (χ1) is 41.3. The first-order valence-corrected chi connectivity index (χ1v) is 35.8. The second-order valence-electron chi connectivity index (χ2n) is 26.8. The number of hydrogen-bond acceptors (Lipinski definition) is 14. The van der Waals surface area contributed by atoms with E-state index >= 15 is 0 Å². The molecule has 4 saturated carbocycles. The highest BCUT2D eigenvalue weighted by Crippen LogP contribution is 2.71. The minimum atomic E-state index is -0.540. The fraction of sp³-hybridized carbons (Fsp3) is 0.944. The van der Waals surface area contributed by atoms with Crippen LogP contribution in [-0.4, -0.2) is 138 Å². The molecular weight excluding hydrogens is 1070 g/mol. The van der Waals surface area contributed by atoms with Crippen LogP contribution < -0.4 is 0 Å². The predicted molar refractivity (Wildman–Crippen MR) is 343 cm³/mol. The molecule has 14 nitrogen and oxygen atoms in total. The van der Waals surface area contributed by atoms with Crippen LogP contribution in [0.5, 0.6) is 0 Å². The molecule has 0 N–H and O–H groups in total. The van der Waals surface area contributed by atoms with Crippen molar-refractivity contribution in [3.63, 3.8) is 0 Å². The second-order valence-corrected chi connectivity index (χ2v) is 26.8. The van der Waals surface area contributed by atoms with Gasteiger partial charge in [0.05, 0.1) is 39.3 Å². The van der Waals surface area contributed by atoms with E-state index < -0.39 is 34.2 Å². The normalized spacial score (nSPS) is 20.9. The molecule has 14 heteroatoms. The molecule has 0 aromatic carbocycles. The maximum absolute atomic E-state index is 14.2. The summed E-state index contributed by atoms with van der Waals surface area (Å²) in [6.45, 7) is 26.2. The summed E-state index contributed by atoms with van der Waals surface area (Å²) in [6.07, 6.45) is 35.3. The van der Waals surface area contributed by atoms with Crippen molar-refractivity contribution in [1.82, 2.24) is 9.80 Å². The summed E-state index contributed by atoms with van der Waals surface area (Å²) in [5.74, 6) is -0.982. The van der Waals surface area contributed by atoms with Crippen molar-refractivity contribution in [2.24, 2.45) is 21.7 Å². The molecular formula is C71H132N2O12. The van der Waals surface area contributed by atoms with Crippen LogP contribution in [0, 0.1) is 21.7 Å². The molecule has 0 aromatic heterocycles. The van der Waals surface area contributed by atoms with Crippen LogP contribution in [0.15, 0.2) is 0 Å². The van der Waals surface area contributed by atoms with Crippen molar-refractivity contribution in [2.45, 2.75) is 318 Å². The van der Waals surface area contributed by atoms with Gasteiger partial charge in [-0.1, -0.05) is 184 Å². The van der Waals surface area contributed by atoms with Crippen LogP contribution in [0.1, 0.15) is 306 Å². The summed E-state index contributed by atoms with van der Waals surface area (Å²) in [4.78, 5) is 60.4. The lowest BCUT2D eigenvalue weighted by atomic mass is 9.46. The van der Waals surface area contributed by atoms with E-state index in [-0.39, 0.29) is 63.1 Å². The first kappa shape index (κ1) is 76.9. The quantitative estimate of drug-likeness (QED) is 0.0246. The van der Waals surface area contributed by atoms with Gasteiger partial charge in [0.1, 0.15) is 0 Å². The molecule has 85 heavy (non-hydrogen) atoms. The van der Waals surface area contributed by atoms with Gasteiger partial charge in [0, 0.05) is 73.8 Å². The number of hydrogen-bond donors (Lipinski definition) is 0. The number of ether oxygens (including phenoxy) is 8. The Morgan fingerprint density at radius 1 is 0.318 bits per heavy atom. The molecule has 4 bridgehead atoms. The third kappa shape index (κ3) is 33.3. The summed E-state index contributed by atoms with van der Waals surface area (Å²) in [6, 6.07) is 0. The Bertz CT molecular complexity index is 1680. The maximum Gasteiger partial charge on any atom is 0.305 e. The van der Waals surface area contributed by atoms with Gasteiger partial charge < -0.3 is 47.7 Å². The van der Waals surface area contributed by atoms with Gasteiger partial charge in [-0.25, -0.2) is 0 Å². The number of unbranched alkanes of at least 4 members (excludes halogenated alkanes) is 20. The minimum Gasteiger partial charge on any atom is -0.465 e. The summed E-state index contributed by atoms with van der Waals surface area (Å²) in [7, 11) is 0. The molecule has 4 aliphatic carbocycles. The number of nitrogens with zero attached hydrogens (tertiary/aromatic N) is 2. The molecule has 4 atom stereocenters. The number of carbonyl (C=O) groups is 4. The van der Waals surface area contributed by atoms with Gasteiger partial charge in [0.25, 0.3) is 0 Å². The Balaban J connectivity index is 1.89. The molecule has 0 heterocycles. The molecule has 0 aliphatic heterocycles. The van der Waals surface area contributed by atoms with Crippen LogP contribution in [0.4, 0.5) is 0 Å². The topological polar surface area (TPSA) is 149 Å². The van der Waals surface area contributed by atoms with E-state index in [4.69, 9.17) is 37.9 Å². The van der Waals surface area contributed by atoms with E-state index in [0.29, 0.717) is 90.6 Å². The highest BCUT2D eigenvalue weighted by molar-refractivity contribution is 5.70. The average molecular weight is 1210 g/mol. The van der Waals surface area contributed by atoms with Gasteiger partial charge >= 0.3 is 23.9 Å². The highest BCUT2D eigenvalue weighted by atomic mass is 16.7. The van der Waals surface area contributed by atoms with E-state index in [0.717, 1.165) is 110 Å². The molecule has 498 valence electrons. The summed E-state index contributed by atoms with van der Waals surface area (Å²) < 4.78 is 51.0. The fourth-order valence-corrected chi connectivity index (χ4v) is 14.5. The molecule has 0 saturated heterocycles. The van der Waals surface area contributed by atoms with Crippen molar-refractivity contribution in [1.29, 1.82) is 0 Å². The van der Waals surface area contributed by atoms with Crippen molar-refractivity contribution >= 4 is 23.9 Å². The maximum atomic E-state index is 14.2. The number of carbonyl (C=O) groups excluding carboxylic acids is 4. The zero-order chi connectivity index (χ0) is 61.8. The van der Waals surface area contributed by atoms with E-state index in [1.807, 2.05) is 0 Å². The van der Waals surface area contributed by atoms with Gasteiger partial charge in [-0.05, 0) is 123 Å². The molecule has 0 amide bonds.